The Morgan fingerprint density at radius 3 is 2.87 bits per heavy atom. The van der Waals surface area contributed by atoms with E-state index < -0.39 is 0 Å². The standard InChI is InChI=1S/C10H20N2OS.ClH/c1-3-11-8(2)7-12-10(13)9-5-4-6-14-9;/h8-9,11H,3-7H2,1-2H3,(H,12,13);1H/t8-,9?;/m1./s1. The van der Waals surface area contributed by atoms with Gasteiger partial charge < -0.3 is 10.6 Å². The molecule has 1 heterocycles. The van der Waals surface area contributed by atoms with Crippen molar-refractivity contribution in [3.63, 3.8) is 0 Å². The van der Waals surface area contributed by atoms with Crippen LogP contribution in [0, 0.1) is 0 Å². The number of amides is 1. The Labute approximate surface area is 103 Å². The maximum Gasteiger partial charge on any atom is 0.233 e. The molecule has 1 rings (SSSR count). The highest BCUT2D eigenvalue weighted by atomic mass is 35.5. The summed E-state index contributed by atoms with van der Waals surface area (Å²) in [5.41, 5.74) is 0. The number of halogens is 1. The summed E-state index contributed by atoms with van der Waals surface area (Å²) >= 11 is 1.78. The number of hydrogen-bond donors (Lipinski definition) is 2. The Balaban J connectivity index is 0.00000196. The molecule has 5 heteroatoms. The van der Waals surface area contributed by atoms with Crippen molar-refractivity contribution >= 4 is 30.1 Å². The van der Waals surface area contributed by atoms with Gasteiger partial charge in [0.1, 0.15) is 0 Å². The first kappa shape index (κ1) is 15.1. The van der Waals surface area contributed by atoms with Crippen LogP contribution >= 0.6 is 24.2 Å². The van der Waals surface area contributed by atoms with Crippen molar-refractivity contribution in [1.29, 1.82) is 0 Å². The van der Waals surface area contributed by atoms with Gasteiger partial charge in [0.2, 0.25) is 5.91 Å². The third-order valence-electron chi connectivity index (χ3n) is 2.36. The summed E-state index contributed by atoms with van der Waals surface area (Å²) in [6.45, 7) is 5.86. The minimum absolute atomic E-state index is 0. The van der Waals surface area contributed by atoms with Crippen LogP contribution in [0.4, 0.5) is 0 Å². The molecule has 1 aliphatic rings. The van der Waals surface area contributed by atoms with Crippen LogP contribution in [0.5, 0.6) is 0 Å². The molecule has 1 aliphatic heterocycles. The van der Waals surface area contributed by atoms with Gasteiger partial charge in [0, 0.05) is 12.6 Å². The van der Waals surface area contributed by atoms with Crippen LogP contribution < -0.4 is 10.6 Å². The van der Waals surface area contributed by atoms with Crippen LogP contribution in [0.1, 0.15) is 26.7 Å². The number of carbonyl (C=O) groups excluding carboxylic acids is 1. The lowest BCUT2D eigenvalue weighted by molar-refractivity contribution is -0.120. The van der Waals surface area contributed by atoms with E-state index in [0.29, 0.717) is 6.04 Å². The molecular weight excluding hydrogens is 232 g/mol. The Bertz CT molecular complexity index is 186. The van der Waals surface area contributed by atoms with Crippen molar-refractivity contribution in [2.75, 3.05) is 18.8 Å². The molecule has 0 aromatic heterocycles. The van der Waals surface area contributed by atoms with E-state index in [9.17, 15) is 4.79 Å². The van der Waals surface area contributed by atoms with Gasteiger partial charge in [-0.2, -0.15) is 0 Å². The van der Waals surface area contributed by atoms with Gasteiger partial charge >= 0.3 is 0 Å². The van der Waals surface area contributed by atoms with Crippen LogP contribution in [-0.4, -0.2) is 36.0 Å². The third-order valence-corrected chi connectivity index (χ3v) is 3.73. The second-order valence-electron chi connectivity index (χ2n) is 3.71. The zero-order chi connectivity index (χ0) is 10.4. The molecule has 1 amide bonds. The fourth-order valence-corrected chi connectivity index (χ4v) is 2.76. The highest BCUT2D eigenvalue weighted by Crippen LogP contribution is 2.25. The summed E-state index contributed by atoms with van der Waals surface area (Å²) < 4.78 is 0. The molecule has 1 saturated heterocycles. The van der Waals surface area contributed by atoms with Crippen LogP contribution in [0.25, 0.3) is 0 Å². The lowest BCUT2D eigenvalue weighted by Crippen LogP contribution is -2.41. The smallest absolute Gasteiger partial charge is 0.233 e. The SMILES string of the molecule is CCN[C@H](C)CNC(=O)C1CCCS1.Cl. The summed E-state index contributed by atoms with van der Waals surface area (Å²) in [5.74, 6) is 1.36. The predicted octanol–water partition coefficient (Wildman–Crippen LogP) is 1.42. The van der Waals surface area contributed by atoms with E-state index in [-0.39, 0.29) is 23.6 Å². The van der Waals surface area contributed by atoms with Gasteiger partial charge in [-0.05, 0) is 32.1 Å². The first-order valence-corrected chi connectivity index (χ1v) is 6.41. The molecule has 1 fully saturated rings. The minimum Gasteiger partial charge on any atom is -0.354 e. The molecule has 15 heavy (non-hydrogen) atoms. The Morgan fingerprint density at radius 2 is 2.33 bits per heavy atom. The first-order chi connectivity index (χ1) is 6.74. The maximum absolute atomic E-state index is 11.6. The summed E-state index contributed by atoms with van der Waals surface area (Å²) in [4.78, 5) is 11.6. The van der Waals surface area contributed by atoms with E-state index in [2.05, 4.69) is 24.5 Å². The van der Waals surface area contributed by atoms with E-state index in [1.54, 1.807) is 11.8 Å². The van der Waals surface area contributed by atoms with Gasteiger partial charge in [-0.25, -0.2) is 0 Å². The normalized spacial score (nSPS) is 21.9. The highest BCUT2D eigenvalue weighted by Gasteiger charge is 2.22. The summed E-state index contributed by atoms with van der Waals surface area (Å²) in [6.07, 6.45) is 2.23. The number of nitrogens with one attached hydrogen (secondary N) is 2. The second kappa shape index (κ2) is 8.25. The topological polar surface area (TPSA) is 41.1 Å². The van der Waals surface area contributed by atoms with E-state index >= 15 is 0 Å². The van der Waals surface area contributed by atoms with Gasteiger partial charge in [0.15, 0.2) is 0 Å². The number of carbonyl (C=O) groups is 1. The van der Waals surface area contributed by atoms with Gasteiger partial charge in [-0.1, -0.05) is 6.92 Å². The molecule has 2 atom stereocenters. The van der Waals surface area contributed by atoms with Crippen molar-refractivity contribution in [1.82, 2.24) is 10.6 Å². The minimum atomic E-state index is 0. The fourth-order valence-electron chi connectivity index (χ4n) is 1.57. The molecule has 3 nitrogen and oxygen atoms in total. The van der Waals surface area contributed by atoms with Crippen molar-refractivity contribution in [3.05, 3.63) is 0 Å². The molecule has 0 saturated carbocycles. The zero-order valence-corrected chi connectivity index (χ0v) is 11.0. The third kappa shape index (κ3) is 5.64. The average molecular weight is 253 g/mol. The molecule has 0 aromatic rings. The monoisotopic (exact) mass is 252 g/mol. The Kier molecular flexibility index (Phi) is 8.29. The molecule has 2 N–H and O–H groups in total. The fraction of sp³-hybridized carbons (Fsp3) is 0.900. The Hall–Kier alpha value is 0.0700. The van der Waals surface area contributed by atoms with E-state index in [1.165, 1.54) is 6.42 Å². The van der Waals surface area contributed by atoms with Crippen LogP contribution in [-0.2, 0) is 4.79 Å². The van der Waals surface area contributed by atoms with E-state index in [0.717, 1.165) is 25.3 Å². The van der Waals surface area contributed by atoms with E-state index in [4.69, 9.17) is 0 Å². The first-order valence-electron chi connectivity index (χ1n) is 5.36. The van der Waals surface area contributed by atoms with Gasteiger partial charge in [-0.3, -0.25) is 4.79 Å². The molecule has 1 unspecified atom stereocenters. The van der Waals surface area contributed by atoms with Gasteiger partial charge in [-0.15, -0.1) is 24.2 Å². The molecular formula is C10H21ClN2OS. The average Bonchev–Trinajstić information content (AvgIpc) is 2.67. The molecule has 0 spiro atoms. The molecule has 0 radical (unpaired) electrons. The highest BCUT2D eigenvalue weighted by molar-refractivity contribution is 8.00. The summed E-state index contributed by atoms with van der Waals surface area (Å²) in [7, 11) is 0. The number of hydrogen-bond acceptors (Lipinski definition) is 3. The molecule has 0 aliphatic carbocycles. The van der Waals surface area contributed by atoms with Crippen molar-refractivity contribution < 1.29 is 4.79 Å². The lowest BCUT2D eigenvalue weighted by atomic mass is 10.2. The largest absolute Gasteiger partial charge is 0.354 e. The van der Waals surface area contributed by atoms with Crippen molar-refractivity contribution in [2.45, 2.75) is 38.0 Å². The van der Waals surface area contributed by atoms with Crippen molar-refractivity contribution in [3.8, 4) is 0 Å². The maximum atomic E-state index is 11.6. The van der Waals surface area contributed by atoms with Gasteiger partial charge in [0.05, 0.1) is 5.25 Å². The lowest BCUT2D eigenvalue weighted by Gasteiger charge is -2.15. The van der Waals surface area contributed by atoms with Gasteiger partial charge in [0.25, 0.3) is 0 Å². The quantitative estimate of drug-likeness (QED) is 0.778. The molecule has 90 valence electrons. The number of thioether (sulfide) groups is 1. The van der Waals surface area contributed by atoms with Crippen LogP contribution in [0.2, 0.25) is 0 Å². The second-order valence-corrected chi connectivity index (χ2v) is 5.02. The van der Waals surface area contributed by atoms with E-state index in [1.807, 2.05) is 0 Å². The summed E-state index contributed by atoms with van der Waals surface area (Å²) in [5, 5.41) is 6.47. The predicted molar refractivity (Wildman–Crippen MR) is 68.9 cm³/mol. The molecule has 0 bridgehead atoms. The summed E-state index contributed by atoms with van der Waals surface area (Å²) in [6, 6.07) is 0.371. The zero-order valence-electron chi connectivity index (χ0n) is 9.41. The van der Waals surface area contributed by atoms with Crippen molar-refractivity contribution in [2.24, 2.45) is 0 Å². The Morgan fingerprint density at radius 1 is 1.60 bits per heavy atom. The number of likely N-dealkylation sites (N-methyl/N-ethyl adjacent to an activating group) is 1. The van der Waals surface area contributed by atoms with Crippen LogP contribution in [0.15, 0.2) is 0 Å². The van der Waals surface area contributed by atoms with Crippen LogP contribution in [0.3, 0.4) is 0 Å². The number of rotatable bonds is 5. The molecule has 0 aromatic carbocycles.